The Labute approximate surface area is 132 Å². The van der Waals surface area contributed by atoms with Crippen molar-refractivity contribution in [3.63, 3.8) is 0 Å². The van der Waals surface area contributed by atoms with Gasteiger partial charge in [0.15, 0.2) is 5.17 Å². The Bertz CT molecular complexity index is 799. The van der Waals surface area contributed by atoms with Crippen LogP contribution >= 0.6 is 11.8 Å². The Morgan fingerprint density at radius 1 is 1.14 bits per heavy atom. The summed E-state index contributed by atoms with van der Waals surface area (Å²) < 4.78 is 0. The van der Waals surface area contributed by atoms with Gasteiger partial charge in [-0.05, 0) is 42.5 Å². The van der Waals surface area contributed by atoms with Crippen molar-refractivity contribution in [1.82, 2.24) is 0 Å². The van der Waals surface area contributed by atoms with Crippen molar-refractivity contribution in [3.8, 4) is 5.75 Å². The van der Waals surface area contributed by atoms with Gasteiger partial charge in [-0.1, -0.05) is 36.4 Å². The lowest BCUT2D eigenvalue weighted by molar-refractivity contribution is -0.113. The molecule has 4 nitrogen and oxygen atoms in total. The van der Waals surface area contributed by atoms with Crippen molar-refractivity contribution in [2.75, 3.05) is 4.90 Å². The first-order chi connectivity index (χ1) is 10.6. The quantitative estimate of drug-likeness (QED) is 0.830. The van der Waals surface area contributed by atoms with Gasteiger partial charge in [-0.25, -0.2) is 0 Å². The summed E-state index contributed by atoms with van der Waals surface area (Å²) in [5.74, 6) is -0.128. The predicted molar refractivity (Wildman–Crippen MR) is 90.1 cm³/mol. The Balaban J connectivity index is 1.99. The summed E-state index contributed by atoms with van der Waals surface area (Å²) in [7, 11) is 0. The molecular weight excluding hydrogens is 296 g/mol. The molecule has 22 heavy (non-hydrogen) atoms. The van der Waals surface area contributed by atoms with E-state index in [-0.39, 0.29) is 16.8 Å². The lowest BCUT2D eigenvalue weighted by Crippen LogP contribution is -2.28. The van der Waals surface area contributed by atoms with Crippen LogP contribution in [0.1, 0.15) is 11.1 Å². The predicted octanol–water partition coefficient (Wildman–Crippen LogP) is 3.76. The van der Waals surface area contributed by atoms with Crippen LogP contribution in [0.3, 0.4) is 0 Å². The maximum Gasteiger partial charge on any atom is 0.271 e. The molecule has 0 saturated carbocycles. The molecule has 0 spiro atoms. The number of amidine groups is 1. The zero-order chi connectivity index (χ0) is 15.7. The number of hydrogen-bond donors (Lipinski definition) is 2. The molecule has 1 aliphatic rings. The van der Waals surface area contributed by atoms with Crippen LogP contribution in [0, 0.1) is 12.3 Å². The van der Waals surface area contributed by atoms with Crippen LogP contribution in [0.15, 0.2) is 53.4 Å². The Kier molecular flexibility index (Phi) is 3.73. The number of hydrogen-bond acceptors (Lipinski definition) is 4. The largest absolute Gasteiger partial charge is 0.507 e. The van der Waals surface area contributed by atoms with Gasteiger partial charge in [-0.2, -0.15) is 0 Å². The summed E-state index contributed by atoms with van der Waals surface area (Å²) >= 11 is 1.10. The molecule has 5 heteroatoms. The summed E-state index contributed by atoms with van der Waals surface area (Å²) in [6.07, 6.45) is 1.62. The number of phenols is 1. The van der Waals surface area contributed by atoms with E-state index in [4.69, 9.17) is 5.41 Å². The van der Waals surface area contributed by atoms with Gasteiger partial charge in [0.2, 0.25) is 0 Å². The number of aryl methyl sites for hydroxylation is 1. The van der Waals surface area contributed by atoms with Crippen molar-refractivity contribution in [2.24, 2.45) is 0 Å². The van der Waals surface area contributed by atoms with E-state index in [1.165, 1.54) is 4.90 Å². The molecule has 0 bridgehead atoms. The zero-order valence-electron chi connectivity index (χ0n) is 11.9. The average Bonchev–Trinajstić information content (AvgIpc) is 2.77. The molecule has 0 aromatic heterocycles. The second-order valence-corrected chi connectivity index (χ2v) is 5.93. The van der Waals surface area contributed by atoms with Crippen LogP contribution in [0.2, 0.25) is 0 Å². The highest BCUT2D eigenvalue weighted by atomic mass is 32.2. The minimum atomic E-state index is -0.243. The maximum atomic E-state index is 12.6. The van der Waals surface area contributed by atoms with Crippen molar-refractivity contribution in [3.05, 3.63) is 64.6 Å². The summed E-state index contributed by atoms with van der Waals surface area (Å²) in [4.78, 5) is 14.4. The number of carbonyl (C=O) groups is 1. The monoisotopic (exact) mass is 310 g/mol. The number of carbonyl (C=O) groups excluding carboxylic acids is 1. The van der Waals surface area contributed by atoms with Crippen molar-refractivity contribution >= 4 is 34.6 Å². The van der Waals surface area contributed by atoms with Crippen LogP contribution in [0.25, 0.3) is 6.08 Å². The second-order valence-electron chi connectivity index (χ2n) is 4.90. The van der Waals surface area contributed by atoms with Crippen molar-refractivity contribution in [2.45, 2.75) is 6.92 Å². The van der Waals surface area contributed by atoms with E-state index in [0.717, 1.165) is 17.3 Å². The normalized spacial score (nSPS) is 16.6. The average molecular weight is 310 g/mol. The number of aromatic hydroxyl groups is 1. The van der Waals surface area contributed by atoms with E-state index in [0.29, 0.717) is 16.2 Å². The van der Waals surface area contributed by atoms with Crippen LogP contribution < -0.4 is 4.90 Å². The van der Waals surface area contributed by atoms with Gasteiger partial charge < -0.3 is 5.11 Å². The summed E-state index contributed by atoms with van der Waals surface area (Å²) in [5.41, 5.74) is 2.22. The fourth-order valence-electron chi connectivity index (χ4n) is 2.27. The van der Waals surface area contributed by atoms with Gasteiger partial charge in [-0.3, -0.25) is 15.1 Å². The Morgan fingerprint density at radius 3 is 2.55 bits per heavy atom. The number of thioether (sulfide) groups is 1. The number of phenolic OH excluding ortho intramolecular Hbond substituents is 1. The first kappa shape index (κ1) is 14.4. The lowest BCUT2D eigenvalue weighted by Gasteiger charge is -2.16. The Morgan fingerprint density at radius 2 is 1.82 bits per heavy atom. The molecule has 2 N–H and O–H groups in total. The third-order valence-electron chi connectivity index (χ3n) is 3.40. The Hall–Kier alpha value is -2.53. The SMILES string of the molecule is Cc1ccccc1N1C(=N)S/C(=C\c2ccccc2O)C1=O. The van der Waals surface area contributed by atoms with Gasteiger partial charge in [0, 0.05) is 5.56 Å². The van der Waals surface area contributed by atoms with E-state index in [1.807, 2.05) is 31.2 Å². The van der Waals surface area contributed by atoms with Crippen LogP contribution in [0.4, 0.5) is 5.69 Å². The molecular formula is C17H14N2O2S. The minimum absolute atomic E-state index is 0.115. The number of anilines is 1. The van der Waals surface area contributed by atoms with E-state index >= 15 is 0 Å². The highest BCUT2D eigenvalue weighted by Gasteiger charge is 2.34. The van der Waals surface area contributed by atoms with E-state index in [1.54, 1.807) is 30.3 Å². The van der Waals surface area contributed by atoms with Gasteiger partial charge in [-0.15, -0.1) is 0 Å². The van der Waals surface area contributed by atoms with Crippen molar-refractivity contribution < 1.29 is 9.90 Å². The summed E-state index contributed by atoms with van der Waals surface area (Å²) in [6, 6.07) is 14.3. The van der Waals surface area contributed by atoms with Gasteiger partial charge >= 0.3 is 0 Å². The summed E-state index contributed by atoms with van der Waals surface area (Å²) in [5, 5.41) is 18.1. The number of rotatable bonds is 2. The standard InChI is InChI=1S/C17H14N2O2S/c1-11-6-2-4-8-13(11)19-16(21)15(22-17(19)18)10-12-7-3-5-9-14(12)20/h2-10,18,20H,1H3/b15-10-,18-17?. The molecule has 1 saturated heterocycles. The molecule has 2 aromatic carbocycles. The van der Waals surface area contributed by atoms with Gasteiger partial charge in [0.1, 0.15) is 5.75 Å². The molecule has 1 fully saturated rings. The van der Waals surface area contributed by atoms with Gasteiger partial charge in [0.25, 0.3) is 5.91 Å². The first-order valence-corrected chi connectivity index (χ1v) is 7.56. The second kappa shape index (κ2) is 5.69. The zero-order valence-corrected chi connectivity index (χ0v) is 12.7. The molecule has 1 heterocycles. The third-order valence-corrected chi connectivity index (χ3v) is 4.29. The van der Waals surface area contributed by atoms with Crippen LogP contribution in [-0.2, 0) is 4.79 Å². The molecule has 1 amide bonds. The van der Waals surface area contributed by atoms with Crippen molar-refractivity contribution in [1.29, 1.82) is 5.41 Å². The molecule has 0 radical (unpaired) electrons. The summed E-state index contributed by atoms with van der Waals surface area (Å²) in [6.45, 7) is 1.91. The molecule has 2 aromatic rings. The van der Waals surface area contributed by atoms with Crippen LogP contribution in [-0.4, -0.2) is 16.2 Å². The fraction of sp³-hybridized carbons (Fsp3) is 0.0588. The number of benzene rings is 2. The number of para-hydroxylation sites is 2. The first-order valence-electron chi connectivity index (χ1n) is 6.74. The highest BCUT2D eigenvalue weighted by molar-refractivity contribution is 8.19. The number of nitrogens with zero attached hydrogens (tertiary/aromatic N) is 1. The topological polar surface area (TPSA) is 64.4 Å². The van der Waals surface area contributed by atoms with E-state index in [9.17, 15) is 9.90 Å². The number of nitrogens with one attached hydrogen (secondary N) is 1. The molecule has 0 aliphatic carbocycles. The molecule has 3 rings (SSSR count). The molecule has 0 atom stereocenters. The maximum absolute atomic E-state index is 12.6. The lowest BCUT2D eigenvalue weighted by atomic mass is 10.1. The van der Waals surface area contributed by atoms with Gasteiger partial charge in [0.05, 0.1) is 10.6 Å². The molecule has 1 aliphatic heterocycles. The van der Waals surface area contributed by atoms with E-state index < -0.39 is 0 Å². The fourth-order valence-corrected chi connectivity index (χ4v) is 3.12. The molecule has 0 unspecified atom stereocenters. The van der Waals surface area contributed by atoms with E-state index in [2.05, 4.69) is 0 Å². The highest BCUT2D eigenvalue weighted by Crippen LogP contribution is 2.37. The molecule has 110 valence electrons. The minimum Gasteiger partial charge on any atom is -0.507 e. The van der Waals surface area contributed by atoms with Crippen LogP contribution in [0.5, 0.6) is 5.75 Å². The number of amides is 1. The smallest absolute Gasteiger partial charge is 0.271 e. The third kappa shape index (κ3) is 2.51.